The standard InChI is InChI=1S/C9H8O4S/c10-14(11,12)9-5-6-13-8-4-2-1-3-7(8)9/h1-5H,6H2,(H,10,11,12). The van der Waals surface area contributed by atoms with Gasteiger partial charge in [-0.15, -0.1) is 0 Å². The maximum Gasteiger partial charge on any atom is 0.295 e. The number of rotatable bonds is 1. The van der Waals surface area contributed by atoms with Gasteiger partial charge < -0.3 is 4.74 Å². The van der Waals surface area contributed by atoms with Gasteiger partial charge in [-0.1, -0.05) is 12.1 Å². The Morgan fingerprint density at radius 1 is 1.29 bits per heavy atom. The van der Waals surface area contributed by atoms with Crippen molar-refractivity contribution in [2.75, 3.05) is 6.61 Å². The molecule has 0 aliphatic carbocycles. The van der Waals surface area contributed by atoms with Crippen molar-refractivity contribution in [3.63, 3.8) is 0 Å². The van der Waals surface area contributed by atoms with E-state index in [0.717, 1.165) is 0 Å². The predicted molar refractivity (Wildman–Crippen MR) is 51.5 cm³/mol. The molecule has 74 valence electrons. The molecule has 2 rings (SSSR count). The topological polar surface area (TPSA) is 63.6 Å². The van der Waals surface area contributed by atoms with Crippen molar-refractivity contribution < 1.29 is 17.7 Å². The van der Waals surface area contributed by atoms with E-state index in [1.54, 1.807) is 24.3 Å². The van der Waals surface area contributed by atoms with Crippen LogP contribution in [0.5, 0.6) is 5.75 Å². The first-order chi connectivity index (χ1) is 6.59. The molecule has 5 heteroatoms. The van der Waals surface area contributed by atoms with Crippen molar-refractivity contribution in [3.05, 3.63) is 35.9 Å². The third kappa shape index (κ3) is 1.51. The van der Waals surface area contributed by atoms with E-state index in [2.05, 4.69) is 0 Å². The number of benzene rings is 1. The lowest BCUT2D eigenvalue weighted by Gasteiger charge is -2.16. The molecule has 1 aromatic carbocycles. The fourth-order valence-corrected chi connectivity index (χ4v) is 2.08. The van der Waals surface area contributed by atoms with Crippen LogP contribution in [0.4, 0.5) is 0 Å². The maximum absolute atomic E-state index is 11.0. The molecular weight excluding hydrogens is 204 g/mol. The van der Waals surface area contributed by atoms with E-state index >= 15 is 0 Å². The van der Waals surface area contributed by atoms with E-state index in [1.165, 1.54) is 6.08 Å². The number of para-hydroxylation sites is 1. The van der Waals surface area contributed by atoms with E-state index < -0.39 is 10.1 Å². The van der Waals surface area contributed by atoms with Gasteiger partial charge in [0, 0.05) is 5.56 Å². The van der Waals surface area contributed by atoms with Crippen LogP contribution >= 0.6 is 0 Å². The van der Waals surface area contributed by atoms with Gasteiger partial charge in [-0.05, 0) is 18.2 Å². The normalized spacial score (nSPS) is 15.4. The molecule has 0 saturated carbocycles. The second-order valence-corrected chi connectivity index (χ2v) is 4.24. The lowest BCUT2D eigenvalue weighted by molar-refractivity contribution is 0.357. The van der Waals surface area contributed by atoms with E-state index in [-0.39, 0.29) is 11.5 Å². The Bertz CT molecular complexity index is 487. The lowest BCUT2D eigenvalue weighted by atomic mass is 10.1. The molecular formula is C9H8O4S. The second kappa shape index (κ2) is 3.11. The van der Waals surface area contributed by atoms with Crippen molar-refractivity contribution in [2.24, 2.45) is 0 Å². The van der Waals surface area contributed by atoms with Crippen molar-refractivity contribution in [1.29, 1.82) is 0 Å². The number of hydrogen-bond acceptors (Lipinski definition) is 3. The van der Waals surface area contributed by atoms with Crippen molar-refractivity contribution in [1.82, 2.24) is 0 Å². The molecule has 0 amide bonds. The van der Waals surface area contributed by atoms with E-state index in [4.69, 9.17) is 9.29 Å². The lowest BCUT2D eigenvalue weighted by Crippen LogP contribution is -2.10. The minimum atomic E-state index is -4.16. The first kappa shape index (κ1) is 9.23. The molecule has 1 aliphatic rings. The summed E-state index contributed by atoms with van der Waals surface area (Å²) in [5.74, 6) is 0.475. The minimum absolute atomic E-state index is 0.0839. The van der Waals surface area contributed by atoms with Gasteiger partial charge in [0.05, 0.1) is 0 Å². The molecule has 4 nitrogen and oxygen atoms in total. The molecule has 0 unspecified atom stereocenters. The molecule has 0 fully saturated rings. The third-order valence-electron chi connectivity index (χ3n) is 1.94. The zero-order valence-electron chi connectivity index (χ0n) is 7.17. The van der Waals surface area contributed by atoms with Gasteiger partial charge in [-0.25, -0.2) is 0 Å². The van der Waals surface area contributed by atoms with Crippen LogP contribution in [-0.2, 0) is 10.1 Å². The maximum atomic E-state index is 11.0. The molecule has 0 spiro atoms. The summed E-state index contributed by atoms with van der Waals surface area (Å²) in [5.41, 5.74) is 0.404. The fourth-order valence-electron chi connectivity index (χ4n) is 1.36. The Morgan fingerprint density at radius 3 is 2.71 bits per heavy atom. The SMILES string of the molecule is O=S(=O)(O)C1=CCOc2ccccc21. The fraction of sp³-hybridized carbons (Fsp3) is 0.111. The van der Waals surface area contributed by atoms with Crippen LogP contribution in [-0.4, -0.2) is 19.6 Å². The summed E-state index contributed by atoms with van der Waals surface area (Å²) in [4.78, 5) is -0.0839. The van der Waals surface area contributed by atoms with Crippen molar-refractivity contribution in [2.45, 2.75) is 0 Å². The molecule has 14 heavy (non-hydrogen) atoms. The summed E-state index contributed by atoms with van der Waals surface area (Å²) in [7, 11) is -4.16. The average Bonchev–Trinajstić information content (AvgIpc) is 2.15. The van der Waals surface area contributed by atoms with Crippen LogP contribution in [0.2, 0.25) is 0 Å². The van der Waals surface area contributed by atoms with Gasteiger partial charge in [-0.3, -0.25) is 4.55 Å². The number of ether oxygens (including phenoxy) is 1. The Labute approximate surface area is 81.6 Å². The van der Waals surface area contributed by atoms with Gasteiger partial charge >= 0.3 is 0 Å². The Kier molecular flexibility index (Phi) is 2.05. The molecule has 0 bridgehead atoms. The highest BCUT2D eigenvalue weighted by atomic mass is 32.2. The molecule has 1 aliphatic heterocycles. The number of fused-ring (bicyclic) bond motifs is 1. The van der Waals surface area contributed by atoms with Crippen LogP contribution in [0.1, 0.15) is 5.56 Å². The first-order valence-electron chi connectivity index (χ1n) is 3.99. The van der Waals surface area contributed by atoms with Crippen LogP contribution in [0, 0.1) is 0 Å². The van der Waals surface area contributed by atoms with E-state index in [1.807, 2.05) is 0 Å². The highest BCUT2D eigenvalue weighted by molar-refractivity contribution is 7.95. The molecule has 0 saturated heterocycles. The van der Waals surface area contributed by atoms with Crippen LogP contribution in [0.3, 0.4) is 0 Å². The Morgan fingerprint density at radius 2 is 2.00 bits per heavy atom. The molecule has 1 N–H and O–H groups in total. The largest absolute Gasteiger partial charge is 0.489 e. The third-order valence-corrected chi connectivity index (χ3v) is 2.88. The summed E-state index contributed by atoms with van der Waals surface area (Å²) < 4.78 is 36.1. The van der Waals surface area contributed by atoms with Crippen LogP contribution in [0.25, 0.3) is 4.91 Å². The monoisotopic (exact) mass is 212 g/mol. The summed E-state index contributed by atoms with van der Waals surface area (Å²) in [6, 6.07) is 6.68. The Balaban J connectivity index is 2.62. The van der Waals surface area contributed by atoms with Gasteiger partial charge in [0.2, 0.25) is 0 Å². The minimum Gasteiger partial charge on any atom is -0.489 e. The average molecular weight is 212 g/mol. The van der Waals surface area contributed by atoms with Gasteiger partial charge in [0.15, 0.2) is 0 Å². The summed E-state index contributed by atoms with van der Waals surface area (Å²) in [5, 5.41) is 0. The smallest absolute Gasteiger partial charge is 0.295 e. The van der Waals surface area contributed by atoms with Gasteiger partial charge in [-0.2, -0.15) is 8.42 Å². The first-order valence-corrected chi connectivity index (χ1v) is 5.43. The molecule has 0 atom stereocenters. The van der Waals surface area contributed by atoms with E-state index in [9.17, 15) is 8.42 Å². The Hall–Kier alpha value is -1.33. The highest BCUT2D eigenvalue weighted by Gasteiger charge is 2.22. The molecule has 0 aromatic heterocycles. The quantitative estimate of drug-likeness (QED) is 0.713. The summed E-state index contributed by atoms with van der Waals surface area (Å²) in [6.07, 6.45) is 1.34. The zero-order valence-corrected chi connectivity index (χ0v) is 7.99. The van der Waals surface area contributed by atoms with Crippen molar-refractivity contribution in [3.8, 4) is 5.75 Å². The molecule has 0 radical (unpaired) electrons. The van der Waals surface area contributed by atoms with Crippen LogP contribution < -0.4 is 4.74 Å². The van der Waals surface area contributed by atoms with Crippen molar-refractivity contribution >= 4 is 15.0 Å². The molecule has 1 aromatic rings. The molecule has 1 heterocycles. The van der Waals surface area contributed by atoms with Gasteiger partial charge in [0.1, 0.15) is 17.3 Å². The summed E-state index contributed by atoms with van der Waals surface area (Å²) in [6.45, 7) is 0.159. The predicted octanol–water partition coefficient (Wildman–Crippen LogP) is 1.31. The number of hydrogen-bond donors (Lipinski definition) is 1. The van der Waals surface area contributed by atoms with E-state index in [0.29, 0.717) is 11.3 Å². The zero-order chi connectivity index (χ0) is 10.2. The highest BCUT2D eigenvalue weighted by Crippen LogP contribution is 2.31. The summed E-state index contributed by atoms with van der Waals surface area (Å²) >= 11 is 0. The second-order valence-electron chi connectivity index (χ2n) is 2.85. The van der Waals surface area contributed by atoms with Gasteiger partial charge in [0.25, 0.3) is 10.1 Å². The van der Waals surface area contributed by atoms with Crippen LogP contribution in [0.15, 0.2) is 30.3 Å².